The Kier molecular flexibility index (Phi) is 5.91. The molecule has 26 heavy (non-hydrogen) atoms. The normalized spacial score (nSPS) is 18.4. The number of nitrogens with zero attached hydrogens (tertiary/aromatic N) is 1. The molecule has 0 saturated carbocycles. The molecule has 1 aromatic carbocycles. The number of alkyl carbamates (subject to hydrolysis) is 1. The first-order valence-corrected chi connectivity index (χ1v) is 8.66. The van der Waals surface area contributed by atoms with Gasteiger partial charge in [0, 0.05) is 12.1 Å². The van der Waals surface area contributed by atoms with Crippen LogP contribution < -0.4 is 5.32 Å². The molecule has 144 valence electrons. The second-order valence-electron chi connectivity index (χ2n) is 7.88. The van der Waals surface area contributed by atoms with Crippen molar-refractivity contribution >= 4 is 12.0 Å². The fourth-order valence-corrected chi connectivity index (χ4v) is 2.77. The summed E-state index contributed by atoms with van der Waals surface area (Å²) in [5, 5.41) is 2.61. The lowest BCUT2D eigenvalue weighted by molar-refractivity contribution is -0.145. The molecule has 0 radical (unpaired) electrons. The quantitative estimate of drug-likeness (QED) is 0.893. The number of hydrogen-bond acceptors (Lipinski definition) is 4. The van der Waals surface area contributed by atoms with Crippen LogP contribution in [0.5, 0.6) is 0 Å². The Morgan fingerprint density at radius 3 is 2.50 bits per heavy atom. The molecule has 0 aromatic heterocycles. The molecule has 0 bridgehead atoms. The summed E-state index contributed by atoms with van der Waals surface area (Å²) in [4.78, 5) is 26.5. The molecule has 6 nitrogen and oxygen atoms in total. The van der Waals surface area contributed by atoms with Gasteiger partial charge in [-0.3, -0.25) is 4.79 Å². The minimum atomic E-state index is -1.15. The summed E-state index contributed by atoms with van der Waals surface area (Å²) >= 11 is 0. The Hall–Kier alpha value is -2.15. The van der Waals surface area contributed by atoms with E-state index in [0.29, 0.717) is 18.7 Å². The molecular formula is C19H27FN2O4. The zero-order chi connectivity index (χ0) is 19.5. The fourth-order valence-electron chi connectivity index (χ4n) is 2.77. The van der Waals surface area contributed by atoms with Crippen LogP contribution in [-0.4, -0.2) is 47.7 Å². The van der Waals surface area contributed by atoms with Crippen LogP contribution in [0.15, 0.2) is 24.3 Å². The van der Waals surface area contributed by atoms with Crippen LogP contribution in [0.25, 0.3) is 0 Å². The number of halogens is 1. The molecule has 0 spiro atoms. The second-order valence-corrected chi connectivity index (χ2v) is 7.88. The molecule has 7 heteroatoms. The number of carbonyl (C=O) groups is 2. The predicted octanol–water partition coefficient (Wildman–Crippen LogP) is 3.03. The second kappa shape index (κ2) is 7.61. The molecule has 2 rings (SSSR count). The largest absolute Gasteiger partial charge is 0.444 e. The van der Waals surface area contributed by atoms with Crippen molar-refractivity contribution in [1.29, 1.82) is 0 Å². The Balaban J connectivity index is 2.05. The topological polar surface area (TPSA) is 67.9 Å². The summed E-state index contributed by atoms with van der Waals surface area (Å²) in [6, 6.07) is 6.36. The number of rotatable bonds is 3. The number of carbonyl (C=O) groups excluding carboxylic acids is 2. The lowest BCUT2D eigenvalue weighted by Gasteiger charge is -2.38. The molecule has 0 aliphatic carbocycles. The number of benzene rings is 1. The smallest absolute Gasteiger partial charge is 0.408 e. The van der Waals surface area contributed by atoms with Crippen LogP contribution in [0.1, 0.15) is 46.3 Å². The van der Waals surface area contributed by atoms with Crippen molar-refractivity contribution in [2.75, 3.05) is 19.7 Å². The Labute approximate surface area is 153 Å². The van der Waals surface area contributed by atoms with Crippen molar-refractivity contribution in [2.45, 2.75) is 51.9 Å². The molecule has 2 amide bonds. The summed E-state index contributed by atoms with van der Waals surface area (Å²) in [6.07, 6.45) is -1.19. The van der Waals surface area contributed by atoms with E-state index in [-0.39, 0.29) is 18.3 Å². The maximum atomic E-state index is 14.0. The zero-order valence-corrected chi connectivity index (χ0v) is 16.0. The van der Waals surface area contributed by atoms with Crippen LogP contribution >= 0.6 is 0 Å². The summed E-state index contributed by atoms with van der Waals surface area (Å²) in [5.41, 5.74) is -1.39. The third kappa shape index (κ3) is 5.17. The molecule has 1 heterocycles. The van der Waals surface area contributed by atoms with E-state index in [0.717, 1.165) is 0 Å². The molecular weight excluding hydrogens is 339 g/mol. The number of nitrogens with one attached hydrogen (secondary N) is 1. The number of ether oxygens (including phenoxy) is 2. The van der Waals surface area contributed by atoms with Crippen molar-refractivity contribution in [3.05, 3.63) is 35.6 Å². The van der Waals surface area contributed by atoms with Gasteiger partial charge >= 0.3 is 6.09 Å². The van der Waals surface area contributed by atoms with Crippen molar-refractivity contribution in [3.8, 4) is 0 Å². The van der Waals surface area contributed by atoms with Crippen LogP contribution in [-0.2, 0) is 14.3 Å². The van der Waals surface area contributed by atoms with Gasteiger partial charge in [0.1, 0.15) is 23.1 Å². The molecule has 1 fully saturated rings. The first-order valence-electron chi connectivity index (χ1n) is 8.66. The first-order chi connectivity index (χ1) is 12.0. The van der Waals surface area contributed by atoms with E-state index in [2.05, 4.69) is 5.32 Å². The van der Waals surface area contributed by atoms with E-state index < -0.39 is 23.3 Å². The monoisotopic (exact) mass is 366 g/mol. The average molecular weight is 366 g/mol. The van der Waals surface area contributed by atoms with Gasteiger partial charge in [0.05, 0.1) is 13.2 Å². The number of hydrogen-bond donors (Lipinski definition) is 1. The van der Waals surface area contributed by atoms with E-state index in [4.69, 9.17) is 9.47 Å². The van der Waals surface area contributed by atoms with Crippen LogP contribution in [0.2, 0.25) is 0 Å². The average Bonchev–Trinajstić information content (AvgIpc) is 2.52. The highest BCUT2D eigenvalue weighted by molar-refractivity contribution is 5.89. The van der Waals surface area contributed by atoms with Crippen LogP contribution in [0.3, 0.4) is 0 Å². The van der Waals surface area contributed by atoms with Crippen LogP contribution in [0, 0.1) is 5.82 Å². The van der Waals surface area contributed by atoms with Gasteiger partial charge < -0.3 is 19.7 Å². The third-order valence-corrected chi connectivity index (χ3v) is 3.95. The minimum absolute atomic E-state index is 0.221. The van der Waals surface area contributed by atoms with E-state index >= 15 is 0 Å². The standard InChI is InChI=1S/C19H27FN2O4/c1-18(2,3)26-17(24)21-19(4,5)16(23)22-10-11-25-15(12-22)13-8-6-7-9-14(13)20/h6-9,15H,10-12H2,1-5H3,(H,21,24). The summed E-state index contributed by atoms with van der Waals surface area (Å²) in [7, 11) is 0. The zero-order valence-electron chi connectivity index (χ0n) is 16.0. The van der Waals surface area contributed by atoms with Gasteiger partial charge in [0.15, 0.2) is 0 Å². The van der Waals surface area contributed by atoms with Gasteiger partial charge in [0.25, 0.3) is 0 Å². The van der Waals surface area contributed by atoms with Gasteiger partial charge in [-0.15, -0.1) is 0 Å². The lowest BCUT2D eigenvalue weighted by atomic mass is 10.0. The number of morpholine rings is 1. The molecule has 1 saturated heterocycles. The maximum absolute atomic E-state index is 14.0. The highest BCUT2D eigenvalue weighted by atomic mass is 19.1. The Morgan fingerprint density at radius 1 is 1.23 bits per heavy atom. The highest BCUT2D eigenvalue weighted by Crippen LogP contribution is 2.26. The minimum Gasteiger partial charge on any atom is -0.444 e. The van der Waals surface area contributed by atoms with Crippen molar-refractivity contribution in [3.63, 3.8) is 0 Å². The third-order valence-electron chi connectivity index (χ3n) is 3.95. The predicted molar refractivity (Wildman–Crippen MR) is 95.1 cm³/mol. The van der Waals surface area contributed by atoms with Crippen molar-refractivity contribution < 1.29 is 23.5 Å². The Morgan fingerprint density at radius 2 is 1.88 bits per heavy atom. The molecule has 1 aliphatic heterocycles. The Bertz CT molecular complexity index is 670. The van der Waals surface area contributed by atoms with E-state index in [9.17, 15) is 14.0 Å². The van der Waals surface area contributed by atoms with Gasteiger partial charge in [0.2, 0.25) is 5.91 Å². The summed E-state index contributed by atoms with van der Waals surface area (Å²) in [5.74, 6) is -0.633. The number of amides is 2. The molecule has 1 aliphatic rings. The summed E-state index contributed by atoms with van der Waals surface area (Å²) in [6.45, 7) is 9.39. The fraction of sp³-hybridized carbons (Fsp3) is 0.579. The van der Waals surface area contributed by atoms with E-state index in [1.165, 1.54) is 6.07 Å². The molecule has 1 unspecified atom stereocenters. The first kappa shape index (κ1) is 20.2. The van der Waals surface area contributed by atoms with E-state index in [1.54, 1.807) is 57.7 Å². The van der Waals surface area contributed by atoms with Gasteiger partial charge in [-0.05, 0) is 40.7 Å². The summed E-state index contributed by atoms with van der Waals surface area (Å²) < 4.78 is 24.9. The van der Waals surface area contributed by atoms with Gasteiger partial charge in [-0.2, -0.15) is 0 Å². The molecule has 1 atom stereocenters. The van der Waals surface area contributed by atoms with Crippen LogP contribution in [0.4, 0.5) is 9.18 Å². The lowest BCUT2D eigenvalue weighted by Crippen LogP contribution is -2.58. The molecule has 1 aromatic rings. The van der Waals surface area contributed by atoms with Gasteiger partial charge in [-0.25, -0.2) is 9.18 Å². The van der Waals surface area contributed by atoms with Gasteiger partial charge in [-0.1, -0.05) is 18.2 Å². The highest BCUT2D eigenvalue weighted by Gasteiger charge is 2.37. The van der Waals surface area contributed by atoms with Crippen molar-refractivity contribution in [1.82, 2.24) is 10.2 Å². The molecule has 1 N–H and O–H groups in total. The van der Waals surface area contributed by atoms with E-state index in [1.807, 2.05) is 0 Å². The van der Waals surface area contributed by atoms with Crippen molar-refractivity contribution in [2.24, 2.45) is 0 Å². The SMILES string of the molecule is CC(C)(C)OC(=O)NC(C)(C)C(=O)N1CCOC(c2ccccc2F)C1. The maximum Gasteiger partial charge on any atom is 0.408 e.